The highest BCUT2D eigenvalue weighted by molar-refractivity contribution is 5.94. The lowest BCUT2D eigenvalue weighted by Crippen LogP contribution is -1.94. The molecule has 2 N–H and O–H groups in total. The normalized spacial score (nSPS) is 12.1. The number of rotatable bonds is 14. The van der Waals surface area contributed by atoms with E-state index in [2.05, 4.69) is 96.7 Å². The maximum Gasteiger partial charge on any atom is 0.118 e. The molecule has 0 amide bonds. The largest absolute Gasteiger partial charge is 0.497 e. The maximum absolute atomic E-state index is 5.53. The van der Waals surface area contributed by atoms with Gasteiger partial charge in [-0.05, 0) is 110 Å². The fraction of sp³-hybridized carbons (Fsp3) is 0.304. The van der Waals surface area contributed by atoms with Crippen LogP contribution in [0, 0.1) is 0 Å². The van der Waals surface area contributed by atoms with Crippen LogP contribution >= 0.6 is 0 Å². The highest BCUT2D eigenvalue weighted by Gasteiger charge is 2.18. The number of nitrogens with one attached hydrogen (secondary N) is 2. The van der Waals surface area contributed by atoms with Crippen LogP contribution in [0.25, 0.3) is 68.6 Å². The molecule has 0 unspecified atom stereocenters. The first-order valence-corrected chi connectivity index (χ1v) is 19.0. The average Bonchev–Trinajstić information content (AvgIpc) is 4.02. The van der Waals surface area contributed by atoms with Gasteiger partial charge in [0, 0.05) is 44.3 Å². The monoisotopic (exact) mass is 690 g/mol. The van der Waals surface area contributed by atoms with Crippen LogP contribution in [0.3, 0.4) is 0 Å². The van der Waals surface area contributed by atoms with E-state index in [-0.39, 0.29) is 0 Å². The Kier molecular flexibility index (Phi) is 11.0. The molecule has 2 aromatic carbocycles. The summed E-state index contributed by atoms with van der Waals surface area (Å²) in [5.41, 5.74) is 14.9. The van der Waals surface area contributed by atoms with Gasteiger partial charge in [0.2, 0.25) is 0 Å². The van der Waals surface area contributed by atoms with Crippen molar-refractivity contribution >= 4 is 46.4 Å². The number of methoxy groups -OCH3 is 2. The number of hydrogen-bond donors (Lipinski definition) is 2. The van der Waals surface area contributed by atoms with Gasteiger partial charge >= 0.3 is 0 Å². The van der Waals surface area contributed by atoms with E-state index in [4.69, 9.17) is 19.4 Å². The first-order chi connectivity index (χ1) is 25.6. The van der Waals surface area contributed by atoms with Crippen molar-refractivity contribution in [3.8, 4) is 33.8 Å². The lowest BCUT2D eigenvalue weighted by Gasteiger charge is -2.07. The van der Waals surface area contributed by atoms with Gasteiger partial charge in [0.25, 0.3) is 0 Å². The number of aromatic amines is 2. The summed E-state index contributed by atoms with van der Waals surface area (Å²) in [5, 5.41) is 0. The number of benzene rings is 2. The zero-order chi connectivity index (χ0) is 35.9. The lowest BCUT2D eigenvalue weighted by atomic mass is 10.0. The maximum atomic E-state index is 5.53. The van der Waals surface area contributed by atoms with Crippen LogP contribution in [-0.4, -0.2) is 34.2 Å². The summed E-state index contributed by atoms with van der Waals surface area (Å²) in [6.45, 7) is 4.52. The molecule has 2 aliphatic heterocycles. The molecule has 8 bridgehead atoms. The van der Waals surface area contributed by atoms with E-state index in [9.17, 15) is 0 Å². The number of fused-ring (bicyclic) bond motifs is 8. The first kappa shape index (κ1) is 35.1. The second-order valence-electron chi connectivity index (χ2n) is 13.8. The fourth-order valence-electron chi connectivity index (χ4n) is 7.43. The van der Waals surface area contributed by atoms with E-state index in [0.717, 1.165) is 104 Å². The summed E-state index contributed by atoms with van der Waals surface area (Å²) in [7, 11) is 3.42. The number of aromatic nitrogens is 4. The van der Waals surface area contributed by atoms with Crippen molar-refractivity contribution in [2.45, 2.75) is 78.1 Å². The van der Waals surface area contributed by atoms with Crippen LogP contribution < -0.4 is 9.47 Å². The minimum absolute atomic E-state index is 0.831. The van der Waals surface area contributed by atoms with E-state index < -0.39 is 0 Å². The van der Waals surface area contributed by atoms with Gasteiger partial charge in [0.1, 0.15) is 11.5 Å². The molecule has 5 heterocycles. The number of ether oxygens (including phenoxy) is 2. The fourth-order valence-corrected chi connectivity index (χ4v) is 7.43. The average molecular weight is 691 g/mol. The van der Waals surface area contributed by atoms with Gasteiger partial charge in [0.15, 0.2) is 0 Å². The van der Waals surface area contributed by atoms with Gasteiger partial charge < -0.3 is 19.4 Å². The zero-order valence-corrected chi connectivity index (χ0v) is 31.0. The molecule has 5 aromatic rings. The molecule has 0 radical (unpaired) electrons. The van der Waals surface area contributed by atoms with Crippen LogP contribution in [0.15, 0.2) is 72.8 Å². The molecule has 0 atom stereocenters. The number of H-pyrrole nitrogens is 2. The van der Waals surface area contributed by atoms with Gasteiger partial charge in [-0.2, -0.15) is 0 Å². The van der Waals surface area contributed by atoms with Gasteiger partial charge in [-0.15, -0.1) is 0 Å². The second-order valence-corrected chi connectivity index (χ2v) is 13.8. The Hall–Kier alpha value is -5.36. The first-order valence-electron chi connectivity index (χ1n) is 19.0. The van der Waals surface area contributed by atoms with Gasteiger partial charge in [-0.1, -0.05) is 76.6 Å². The number of hydrogen-bond acceptors (Lipinski definition) is 4. The topological polar surface area (TPSA) is 75.8 Å². The van der Waals surface area contributed by atoms with E-state index in [1.165, 1.54) is 49.7 Å². The van der Waals surface area contributed by atoms with Crippen LogP contribution in [0.2, 0.25) is 0 Å². The Labute approximate surface area is 307 Å². The molecule has 266 valence electrons. The summed E-state index contributed by atoms with van der Waals surface area (Å²) < 4.78 is 11.1. The molecule has 6 nitrogen and oxygen atoms in total. The predicted octanol–water partition coefficient (Wildman–Crippen LogP) is 12.3. The quantitative estimate of drug-likeness (QED) is 0.111. The molecule has 0 aliphatic carbocycles. The molecule has 2 aliphatic rings. The predicted molar refractivity (Wildman–Crippen MR) is 219 cm³/mol. The molecular formula is C46H50N4O2. The SMILES string of the molecule is CCCCCCc1c2nc(c(-c3ccc(OC)cc3)c3ccc([nH]3)c(CCCCCC)c3nc(c(-c4ccc(OC)cc4)c4ccc1[nH]4)C=C3)C=C2. The van der Waals surface area contributed by atoms with Crippen molar-refractivity contribution < 1.29 is 9.47 Å². The van der Waals surface area contributed by atoms with Crippen LogP contribution in [-0.2, 0) is 12.8 Å². The summed E-state index contributed by atoms with van der Waals surface area (Å²) in [6, 6.07) is 25.5. The van der Waals surface area contributed by atoms with Crippen molar-refractivity contribution in [1.82, 2.24) is 19.9 Å². The Bertz CT molecular complexity index is 2080. The van der Waals surface area contributed by atoms with Crippen LogP contribution in [0.5, 0.6) is 11.5 Å². The Balaban J connectivity index is 1.55. The summed E-state index contributed by atoms with van der Waals surface area (Å²) in [4.78, 5) is 18.5. The molecule has 52 heavy (non-hydrogen) atoms. The number of nitrogens with zero attached hydrogens (tertiary/aromatic N) is 2. The van der Waals surface area contributed by atoms with E-state index in [1.807, 2.05) is 24.3 Å². The highest BCUT2D eigenvalue weighted by Crippen LogP contribution is 2.36. The highest BCUT2D eigenvalue weighted by atomic mass is 16.5. The molecule has 0 saturated heterocycles. The van der Waals surface area contributed by atoms with Gasteiger partial charge in [-0.25, -0.2) is 9.97 Å². The second kappa shape index (κ2) is 16.3. The molecule has 3 aromatic heterocycles. The van der Waals surface area contributed by atoms with Gasteiger partial charge in [0.05, 0.1) is 37.0 Å². The third kappa shape index (κ3) is 7.48. The Morgan fingerprint density at radius 3 is 1.21 bits per heavy atom. The van der Waals surface area contributed by atoms with Crippen molar-refractivity contribution in [3.63, 3.8) is 0 Å². The summed E-state index contributed by atoms with van der Waals surface area (Å²) in [5.74, 6) is 1.66. The number of aryl methyl sites for hydroxylation is 2. The standard InChI is InChI=1S/C46H50N4O2/c1-5-7-9-11-13-35-37-23-27-41(47-37)45(31-15-19-33(51-3)20-16-31)43-29-25-39(49-43)36(14-12-10-8-6-2)40-26-30-44(50-40)46(42-28-24-38(35)48-42)32-17-21-34(52-4)22-18-32/h15-30,47,50H,5-14H2,1-4H3. The third-order valence-corrected chi connectivity index (χ3v) is 10.3. The zero-order valence-electron chi connectivity index (χ0n) is 31.0. The smallest absolute Gasteiger partial charge is 0.118 e. The third-order valence-electron chi connectivity index (χ3n) is 10.3. The van der Waals surface area contributed by atoms with Crippen molar-refractivity contribution in [2.75, 3.05) is 14.2 Å². The Morgan fingerprint density at radius 2 is 0.827 bits per heavy atom. The van der Waals surface area contributed by atoms with Crippen LogP contribution in [0.1, 0.15) is 99.1 Å². The molecule has 0 spiro atoms. The van der Waals surface area contributed by atoms with E-state index >= 15 is 0 Å². The molecule has 7 rings (SSSR count). The Morgan fingerprint density at radius 1 is 0.442 bits per heavy atom. The van der Waals surface area contributed by atoms with Crippen molar-refractivity contribution in [3.05, 3.63) is 107 Å². The lowest BCUT2D eigenvalue weighted by molar-refractivity contribution is 0.415. The number of unbranched alkanes of at least 4 members (excludes halogenated alkanes) is 6. The van der Waals surface area contributed by atoms with Gasteiger partial charge in [-0.3, -0.25) is 0 Å². The van der Waals surface area contributed by atoms with E-state index in [1.54, 1.807) is 14.2 Å². The summed E-state index contributed by atoms with van der Waals surface area (Å²) >= 11 is 0. The minimum Gasteiger partial charge on any atom is -0.497 e. The molecule has 6 heteroatoms. The van der Waals surface area contributed by atoms with Crippen molar-refractivity contribution in [1.29, 1.82) is 0 Å². The van der Waals surface area contributed by atoms with E-state index in [0.29, 0.717) is 0 Å². The minimum atomic E-state index is 0.831. The molecule has 0 saturated carbocycles. The molecule has 0 fully saturated rings. The van der Waals surface area contributed by atoms with Crippen LogP contribution in [0.4, 0.5) is 0 Å². The summed E-state index contributed by atoms with van der Waals surface area (Å²) in [6.07, 6.45) is 20.1. The molecular weight excluding hydrogens is 641 g/mol. The van der Waals surface area contributed by atoms with Crippen molar-refractivity contribution in [2.24, 2.45) is 0 Å².